The van der Waals surface area contributed by atoms with Crippen LogP contribution < -0.4 is 9.29 Å². The first-order chi connectivity index (χ1) is 9.06. The molecular formula is C13H26N3O2S+. The van der Waals surface area contributed by atoms with Gasteiger partial charge in [0.2, 0.25) is 6.33 Å². The minimum atomic E-state index is -3.37. The van der Waals surface area contributed by atoms with Crippen molar-refractivity contribution in [1.82, 2.24) is 9.71 Å². The van der Waals surface area contributed by atoms with Gasteiger partial charge in [-0.2, -0.15) is 0 Å². The van der Waals surface area contributed by atoms with Crippen LogP contribution in [0.4, 0.5) is 0 Å². The molecule has 0 bridgehead atoms. The van der Waals surface area contributed by atoms with E-state index in [4.69, 9.17) is 0 Å². The number of rotatable bonds is 10. The van der Waals surface area contributed by atoms with E-state index < -0.39 is 10.0 Å². The van der Waals surface area contributed by atoms with E-state index in [1.165, 1.54) is 32.1 Å². The van der Waals surface area contributed by atoms with Crippen molar-refractivity contribution in [2.24, 2.45) is 7.05 Å². The average molecular weight is 288 g/mol. The molecule has 1 aromatic rings. The predicted octanol–water partition coefficient (Wildman–Crippen LogP) is 1.87. The van der Waals surface area contributed by atoms with Gasteiger partial charge in [0.1, 0.15) is 6.20 Å². The van der Waals surface area contributed by atoms with Gasteiger partial charge in [0.05, 0.1) is 7.05 Å². The topological polar surface area (TPSA) is 65.8 Å². The fourth-order valence-electron chi connectivity index (χ4n) is 1.94. The van der Waals surface area contributed by atoms with Crippen LogP contribution in [-0.2, 0) is 17.1 Å². The Balaban J connectivity index is 2.15. The predicted molar refractivity (Wildman–Crippen MR) is 75.2 cm³/mol. The fraction of sp³-hybridized carbons (Fsp3) is 0.769. The summed E-state index contributed by atoms with van der Waals surface area (Å²) >= 11 is 0. The summed E-state index contributed by atoms with van der Waals surface area (Å²) in [6.45, 7) is 2.72. The molecule has 0 saturated heterocycles. The number of nitrogens with one attached hydrogen (secondary N) is 2. The molecule has 0 amide bonds. The third kappa shape index (κ3) is 6.20. The van der Waals surface area contributed by atoms with E-state index in [9.17, 15) is 8.42 Å². The van der Waals surface area contributed by atoms with Crippen molar-refractivity contribution in [3.8, 4) is 0 Å². The van der Waals surface area contributed by atoms with Crippen molar-refractivity contribution in [2.75, 3.05) is 6.54 Å². The smallest absolute Gasteiger partial charge is 0.238 e. The molecule has 5 nitrogen and oxygen atoms in total. The second-order valence-corrected chi connectivity index (χ2v) is 6.69. The van der Waals surface area contributed by atoms with E-state index in [1.807, 2.05) is 0 Å². The van der Waals surface area contributed by atoms with Gasteiger partial charge in [0.25, 0.3) is 15.0 Å². The number of sulfonamides is 1. The van der Waals surface area contributed by atoms with Crippen molar-refractivity contribution < 1.29 is 13.0 Å². The monoisotopic (exact) mass is 288 g/mol. The van der Waals surface area contributed by atoms with E-state index in [2.05, 4.69) is 16.6 Å². The van der Waals surface area contributed by atoms with Gasteiger partial charge < -0.3 is 0 Å². The molecule has 1 heterocycles. The standard InChI is InChI=1S/C13H25N3O2S/c1-3-4-5-6-7-8-9-10-15-19(17,18)13-11-16(2)12-14-13/h11-12,15H,3-10H2,1-2H3/p+1. The second-order valence-electron chi connectivity index (χ2n) is 4.95. The zero-order valence-electron chi connectivity index (χ0n) is 12.0. The minimum Gasteiger partial charge on any atom is -0.238 e. The number of unbranched alkanes of at least 4 members (excludes halogenated alkanes) is 6. The summed E-state index contributed by atoms with van der Waals surface area (Å²) < 4.78 is 28.0. The van der Waals surface area contributed by atoms with Crippen molar-refractivity contribution >= 4 is 10.0 Å². The molecule has 0 atom stereocenters. The maximum absolute atomic E-state index is 11.9. The van der Waals surface area contributed by atoms with Gasteiger partial charge in [0, 0.05) is 6.54 Å². The third-order valence-electron chi connectivity index (χ3n) is 3.09. The Morgan fingerprint density at radius 2 is 1.79 bits per heavy atom. The molecular weight excluding hydrogens is 262 g/mol. The molecule has 0 aliphatic heterocycles. The zero-order valence-corrected chi connectivity index (χ0v) is 12.8. The summed E-state index contributed by atoms with van der Waals surface area (Å²) in [5, 5.41) is 0.220. The Hall–Kier alpha value is -0.880. The van der Waals surface area contributed by atoms with E-state index >= 15 is 0 Å². The molecule has 1 aromatic heterocycles. The van der Waals surface area contributed by atoms with Gasteiger partial charge in [-0.05, 0) is 6.42 Å². The second kappa shape index (κ2) is 8.32. The van der Waals surface area contributed by atoms with Gasteiger partial charge in [-0.3, -0.25) is 0 Å². The first kappa shape index (κ1) is 16.2. The fourth-order valence-corrected chi connectivity index (χ4v) is 3.02. The molecule has 1 rings (SSSR count). The van der Waals surface area contributed by atoms with Gasteiger partial charge in [-0.1, -0.05) is 45.4 Å². The molecule has 110 valence electrons. The molecule has 0 unspecified atom stereocenters. The third-order valence-corrected chi connectivity index (χ3v) is 4.48. The first-order valence-corrected chi connectivity index (χ1v) is 8.58. The normalized spacial score (nSPS) is 11.9. The number of aromatic nitrogens is 2. The van der Waals surface area contributed by atoms with Crippen LogP contribution in [0.25, 0.3) is 0 Å². The zero-order chi connectivity index (χ0) is 14.1. The lowest BCUT2D eigenvalue weighted by Crippen LogP contribution is -2.27. The summed E-state index contributed by atoms with van der Waals surface area (Å²) in [4.78, 5) is 2.73. The average Bonchev–Trinajstić information content (AvgIpc) is 2.80. The number of H-pyrrole nitrogens is 1. The highest BCUT2D eigenvalue weighted by Crippen LogP contribution is 2.07. The van der Waals surface area contributed by atoms with Gasteiger partial charge >= 0.3 is 0 Å². The van der Waals surface area contributed by atoms with Gasteiger partial charge in [0.15, 0.2) is 0 Å². The highest BCUT2D eigenvalue weighted by Gasteiger charge is 2.19. The van der Waals surface area contributed by atoms with E-state index in [-0.39, 0.29) is 5.03 Å². The van der Waals surface area contributed by atoms with Crippen LogP contribution in [0, 0.1) is 0 Å². The largest absolute Gasteiger partial charge is 0.281 e. The highest BCUT2D eigenvalue weighted by molar-refractivity contribution is 7.89. The Morgan fingerprint density at radius 3 is 2.37 bits per heavy atom. The molecule has 19 heavy (non-hydrogen) atoms. The lowest BCUT2D eigenvalue weighted by atomic mass is 10.1. The van der Waals surface area contributed by atoms with Crippen molar-refractivity contribution in [3.63, 3.8) is 0 Å². The quantitative estimate of drug-likeness (QED) is 0.510. The van der Waals surface area contributed by atoms with Crippen LogP contribution in [0.15, 0.2) is 17.6 Å². The Bertz CT molecular complexity index is 454. The molecule has 0 aliphatic carbocycles. The van der Waals surface area contributed by atoms with E-state index in [0.717, 1.165) is 12.8 Å². The molecule has 0 aliphatic rings. The molecule has 2 N–H and O–H groups in total. The summed E-state index contributed by atoms with van der Waals surface area (Å²) in [6, 6.07) is 0. The highest BCUT2D eigenvalue weighted by atomic mass is 32.2. The Labute approximate surface area is 116 Å². The number of imidazole rings is 1. The Morgan fingerprint density at radius 1 is 1.16 bits per heavy atom. The number of hydrogen-bond donors (Lipinski definition) is 2. The van der Waals surface area contributed by atoms with Crippen LogP contribution in [0.2, 0.25) is 0 Å². The molecule has 0 spiro atoms. The van der Waals surface area contributed by atoms with Crippen molar-refractivity contribution in [1.29, 1.82) is 0 Å². The SMILES string of the molecule is CCCCCCCCCNS(=O)(=O)c1c[n+](C)c[nH]1. The maximum Gasteiger partial charge on any atom is 0.281 e. The number of hydrogen-bond acceptors (Lipinski definition) is 2. The molecule has 0 fully saturated rings. The number of aryl methyl sites for hydroxylation is 1. The minimum absolute atomic E-state index is 0.220. The molecule has 0 radical (unpaired) electrons. The van der Waals surface area contributed by atoms with Crippen LogP contribution in [-0.4, -0.2) is 19.9 Å². The summed E-state index contributed by atoms with van der Waals surface area (Å²) in [6.07, 6.45) is 11.5. The van der Waals surface area contributed by atoms with Crippen LogP contribution in [0.5, 0.6) is 0 Å². The van der Waals surface area contributed by atoms with Gasteiger partial charge in [-0.15, -0.1) is 0 Å². The van der Waals surface area contributed by atoms with E-state index in [1.54, 1.807) is 24.1 Å². The molecule has 6 heteroatoms. The van der Waals surface area contributed by atoms with E-state index in [0.29, 0.717) is 6.54 Å². The summed E-state index contributed by atoms with van der Waals surface area (Å²) in [7, 11) is -1.58. The molecule has 0 saturated carbocycles. The van der Waals surface area contributed by atoms with Crippen LogP contribution in [0.1, 0.15) is 51.9 Å². The van der Waals surface area contributed by atoms with Crippen molar-refractivity contribution in [3.05, 3.63) is 12.5 Å². The first-order valence-electron chi connectivity index (χ1n) is 7.09. The summed E-state index contributed by atoms with van der Waals surface area (Å²) in [5.41, 5.74) is 0. The number of nitrogens with zero attached hydrogens (tertiary/aromatic N) is 1. The lowest BCUT2D eigenvalue weighted by molar-refractivity contribution is -0.671. The maximum atomic E-state index is 11.9. The summed E-state index contributed by atoms with van der Waals surface area (Å²) in [5.74, 6) is 0. The number of aromatic amines is 1. The van der Waals surface area contributed by atoms with Gasteiger partial charge in [-0.25, -0.2) is 22.7 Å². The lowest BCUT2D eigenvalue weighted by Gasteiger charge is -2.03. The van der Waals surface area contributed by atoms with Crippen molar-refractivity contribution in [2.45, 2.75) is 56.9 Å². The Kier molecular flexibility index (Phi) is 7.09. The van der Waals surface area contributed by atoms with Crippen LogP contribution in [0.3, 0.4) is 0 Å². The van der Waals surface area contributed by atoms with Crippen LogP contribution >= 0.6 is 0 Å². The molecule has 0 aromatic carbocycles.